The molecule has 2 aromatic heterocycles. The highest BCUT2D eigenvalue weighted by Crippen LogP contribution is 2.17. The SMILES string of the molecule is Cc1ccsc1CN(C)C(=O)/C=C/c1ccc(S(=O)(=O)NCc2ccco2)cc1. The van der Waals surface area contributed by atoms with Crippen molar-refractivity contribution in [3.8, 4) is 0 Å². The number of carbonyl (C=O) groups is 1. The van der Waals surface area contributed by atoms with Crippen LogP contribution in [0.4, 0.5) is 0 Å². The van der Waals surface area contributed by atoms with Crippen molar-refractivity contribution < 1.29 is 17.6 Å². The Hall–Kier alpha value is -2.68. The summed E-state index contributed by atoms with van der Waals surface area (Å²) in [4.78, 5) is 15.3. The van der Waals surface area contributed by atoms with Crippen LogP contribution in [0.3, 0.4) is 0 Å². The summed E-state index contributed by atoms with van der Waals surface area (Å²) < 4.78 is 32.3. The quantitative estimate of drug-likeness (QED) is 0.551. The summed E-state index contributed by atoms with van der Waals surface area (Å²) in [6.45, 7) is 2.67. The van der Waals surface area contributed by atoms with Crippen LogP contribution in [0.15, 0.2) is 69.5 Å². The Labute approximate surface area is 174 Å². The number of nitrogens with one attached hydrogen (secondary N) is 1. The number of likely N-dealkylation sites (N-methyl/N-ethyl adjacent to an activating group) is 1. The average Bonchev–Trinajstić information content (AvgIpc) is 3.37. The van der Waals surface area contributed by atoms with Gasteiger partial charge in [-0.1, -0.05) is 12.1 Å². The third-order valence-electron chi connectivity index (χ3n) is 4.35. The number of aryl methyl sites for hydroxylation is 1. The second kappa shape index (κ2) is 9.21. The van der Waals surface area contributed by atoms with Crippen LogP contribution in [0.2, 0.25) is 0 Å². The second-order valence-corrected chi connectivity index (χ2v) is 9.29. The normalized spacial score (nSPS) is 11.8. The summed E-state index contributed by atoms with van der Waals surface area (Å²) in [6.07, 6.45) is 4.65. The van der Waals surface area contributed by atoms with Crippen LogP contribution in [-0.4, -0.2) is 26.3 Å². The molecule has 3 rings (SSSR count). The first-order valence-electron chi connectivity index (χ1n) is 8.93. The van der Waals surface area contributed by atoms with Crippen LogP contribution in [0, 0.1) is 6.92 Å². The van der Waals surface area contributed by atoms with Gasteiger partial charge in [0, 0.05) is 18.0 Å². The largest absolute Gasteiger partial charge is 0.468 e. The second-order valence-electron chi connectivity index (χ2n) is 6.53. The third kappa shape index (κ3) is 5.66. The molecule has 2 heterocycles. The fourth-order valence-corrected chi connectivity index (χ4v) is 4.53. The molecule has 0 atom stereocenters. The highest BCUT2D eigenvalue weighted by molar-refractivity contribution is 7.89. The molecule has 3 aromatic rings. The molecule has 0 saturated heterocycles. The average molecular weight is 431 g/mol. The summed E-state index contributed by atoms with van der Waals surface area (Å²) in [6, 6.07) is 11.8. The number of amides is 1. The van der Waals surface area contributed by atoms with Gasteiger partial charge in [-0.2, -0.15) is 0 Å². The van der Waals surface area contributed by atoms with E-state index in [1.54, 1.807) is 53.6 Å². The molecule has 8 heteroatoms. The summed E-state index contributed by atoms with van der Waals surface area (Å²) >= 11 is 1.63. The van der Waals surface area contributed by atoms with Crippen molar-refractivity contribution in [1.29, 1.82) is 0 Å². The molecule has 0 saturated carbocycles. The topological polar surface area (TPSA) is 79.6 Å². The van der Waals surface area contributed by atoms with Gasteiger partial charge in [0.2, 0.25) is 15.9 Å². The number of benzene rings is 1. The standard InChI is InChI=1S/C21H22N2O4S2/c1-16-11-13-28-20(16)15-23(2)21(24)10-7-17-5-8-19(9-6-17)29(25,26)22-14-18-4-3-12-27-18/h3-13,22H,14-15H2,1-2H3/b10-7+. The Bertz CT molecular complexity index is 1080. The van der Waals surface area contributed by atoms with Gasteiger partial charge in [0.25, 0.3) is 0 Å². The zero-order valence-corrected chi connectivity index (χ0v) is 17.8. The van der Waals surface area contributed by atoms with Crippen molar-refractivity contribution in [2.75, 3.05) is 7.05 Å². The van der Waals surface area contributed by atoms with Crippen molar-refractivity contribution in [2.24, 2.45) is 0 Å². The van der Waals surface area contributed by atoms with Crippen LogP contribution >= 0.6 is 11.3 Å². The van der Waals surface area contributed by atoms with Crippen molar-refractivity contribution in [3.05, 3.63) is 81.9 Å². The van der Waals surface area contributed by atoms with Crippen molar-refractivity contribution in [2.45, 2.75) is 24.9 Å². The lowest BCUT2D eigenvalue weighted by Crippen LogP contribution is -2.23. The van der Waals surface area contributed by atoms with Gasteiger partial charge in [-0.3, -0.25) is 4.79 Å². The van der Waals surface area contributed by atoms with E-state index in [-0.39, 0.29) is 17.3 Å². The molecule has 0 aliphatic rings. The minimum absolute atomic E-state index is 0.0849. The lowest BCUT2D eigenvalue weighted by molar-refractivity contribution is -0.125. The van der Waals surface area contributed by atoms with E-state index in [0.29, 0.717) is 12.3 Å². The van der Waals surface area contributed by atoms with Gasteiger partial charge in [-0.05, 0) is 59.8 Å². The predicted molar refractivity (Wildman–Crippen MR) is 114 cm³/mol. The molecule has 0 spiro atoms. The van der Waals surface area contributed by atoms with E-state index in [1.807, 2.05) is 18.4 Å². The summed E-state index contributed by atoms with van der Waals surface area (Å²) in [5, 5.41) is 2.01. The molecule has 1 aromatic carbocycles. The minimum atomic E-state index is -3.64. The van der Waals surface area contributed by atoms with Crippen molar-refractivity contribution >= 4 is 33.3 Å². The Morgan fingerprint density at radius 3 is 2.59 bits per heavy atom. The van der Waals surface area contributed by atoms with E-state index >= 15 is 0 Å². The Morgan fingerprint density at radius 2 is 1.97 bits per heavy atom. The van der Waals surface area contributed by atoms with Crippen molar-refractivity contribution in [3.63, 3.8) is 0 Å². The molecule has 1 amide bonds. The molecule has 0 bridgehead atoms. The van der Waals surface area contributed by atoms with Crippen molar-refractivity contribution in [1.82, 2.24) is 9.62 Å². The zero-order valence-electron chi connectivity index (χ0n) is 16.2. The highest BCUT2D eigenvalue weighted by Gasteiger charge is 2.14. The van der Waals surface area contributed by atoms with E-state index in [4.69, 9.17) is 4.42 Å². The zero-order chi connectivity index (χ0) is 20.9. The highest BCUT2D eigenvalue weighted by atomic mass is 32.2. The molecule has 0 fully saturated rings. The Morgan fingerprint density at radius 1 is 1.21 bits per heavy atom. The molecule has 0 unspecified atom stereocenters. The fraction of sp³-hybridized carbons (Fsp3) is 0.190. The predicted octanol–water partition coefficient (Wildman–Crippen LogP) is 3.80. The van der Waals surface area contributed by atoms with Gasteiger partial charge in [0.15, 0.2) is 0 Å². The minimum Gasteiger partial charge on any atom is -0.468 e. The molecule has 6 nitrogen and oxygen atoms in total. The van der Waals surface area contributed by atoms with E-state index in [0.717, 1.165) is 10.4 Å². The number of furan rings is 1. The molecular formula is C21H22N2O4S2. The molecule has 29 heavy (non-hydrogen) atoms. The molecule has 152 valence electrons. The first kappa shape index (κ1) is 21.0. The molecule has 0 aliphatic carbocycles. The van der Waals surface area contributed by atoms with Gasteiger partial charge < -0.3 is 9.32 Å². The maximum atomic E-state index is 12.3. The van der Waals surface area contributed by atoms with Gasteiger partial charge in [-0.15, -0.1) is 11.3 Å². The summed E-state index contributed by atoms with van der Waals surface area (Å²) in [5.74, 6) is 0.420. The maximum absolute atomic E-state index is 12.3. The van der Waals surface area contributed by atoms with Crippen LogP contribution in [0.5, 0.6) is 0 Å². The Balaban J connectivity index is 1.59. The van der Waals surface area contributed by atoms with Gasteiger partial charge in [-0.25, -0.2) is 13.1 Å². The number of rotatable bonds is 8. The van der Waals surface area contributed by atoms with Gasteiger partial charge >= 0.3 is 0 Å². The lowest BCUT2D eigenvalue weighted by atomic mass is 10.2. The van der Waals surface area contributed by atoms with Gasteiger partial charge in [0.05, 0.1) is 24.2 Å². The lowest BCUT2D eigenvalue weighted by Gasteiger charge is -2.14. The number of hydrogen-bond acceptors (Lipinski definition) is 5. The van der Waals surface area contributed by atoms with E-state index in [2.05, 4.69) is 4.72 Å². The molecule has 1 N–H and O–H groups in total. The van der Waals surface area contributed by atoms with Crippen LogP contribution < -0.4 is 4.72 Å². The summed E-state index contributed by atoms with van der Waals surface area (Å²) in [5.41, 5.74) is 1.92. The van der Waals surface area contributed by atoms with Gasteiger partial charge in [0.1, 0.15) is 5.76 Å². The maximum Gasteiger partial charge on any atom is 0.246 e. The van der Waals surface area contributed by atoms with E-state index in [1.165, 1.54) is 30.0 Å². The smallest absolute Gasteiger partial charge is 0.246 e. The third-order valence-corrected chi connectivity index (χ3v) is 6.78. The fourth-order valence-electron chi connectivity index (χ4n) is 2.57. The number of thiophene rings is 1. The number of hydrogen-bond donors (Lipinski definition) is 1. The first-order chi connectivity index (χ1) is 13.8. The van der Waals surface area contributed by atoms with Crippen LogP contribution in [0.1, 0.15) is 21.8 Å². The summed E-state index contributed by atoms with van der Waals surface area (Å²) in [7, 11) is -1.88. The van der Waals surface area contributed by atoms with Crippen LogP contribution in [-0.2, 0) is 27.9 Å². The van der Waals surface area contributed by atoms with Crippen LogP contribution in [0.25, 0.3) is 6.08 Å². The molecule has 0 radical (unpaired) electrons. The molecular weight excluding hydrogens is 408 g/mol. The first-order valence-corrected chi connectivity index (χ1v) is 11.3. The number of nitrogens with zero attached hydrogens (tertiary/aromatic N) is 1. The van der Waals surface area contributed by atoms with E-state index < -0.39 is 10.0 Å². The number of carbonyl (C=O) groups excluding carboxylic acids is 1. The monoisotopic (exact) mass is 430 g/mol. The molecule has 0 aliphatic heterocycles. The Kier molecular flexibility index (Phi) is 6.68. The van der Waals surface area contributed by atoms with E-state index in [9.17, 15) is 13.2 Å². The number of sulfonamides is 1.